The molecule has 1 aromatic heterocycles. The smallest absolute Gasteiger partial charge is 0.148 e. The van der Waals surface area contributed by atoms with Crippen molar-refractivity contribution in [1.82, 2.24) is 9.97 Å². The number of anilines is 1. The van der Waals surface area contributed by atoms with E-state index in [-0.39, 0.29) is 6.54 Å². The number of hydrogen-bond donors (Lipinski definition) is 2. The maximum absolute atomic E-state index is 10.6. The Balaban J connectivity index is 1.80. The third kappa shape index (κ3) is 3.64. The van der Waals surface area contributed by atoms with Crippen LogP contribution < -0.4 is 14.8 Å². The zero-order valence-corrected chi connectivity index (χ0v) is 14.5. The predicted octanol–water partition coefficient (Wildman–Crippen LogP) is 3.10. The van der Waals surface area contributed by atoms with Crippen LogP contribution in [0.5, 0.6) is 11.5 Å². The van der Waals surface area contributed by atoms with E-state index < -0.39 is 6.10 Å². The van der Waals surface area contributed by atoms with Crippen molar-refractivity contribution >= 4 is 16.9 Å². The van der Waals surface area contributed by atoms with Gasteiger partial charge < -0.3 is 19.9 Å². The molecule has 0 aliphatic heterocycles. The van der Waals surface area contributed by atoms with Gasteiger partial charge in [-0.1, -0.05) is 12.1 Å². The summed E-state index contributed by atoms with van der Waals surface area (Å²) in [4.78, 5) is 9.11. The van der Waals surface area contributed by atoms with Crippen molar-refractivity contribution < 1.29 is 14.6 Å². The Bertz CT molecular complexity index is 883. The fourth-order valence-electron chi connectivity index (χ4n) is 2.66. The van der Waals surface area contributed by atoms with Gasteiger partial charge in [-0.05, 0) is 37.3 Å². The van der Waals surface area contributed by atoms with E-state index in [1.807, 2.05) is 31.2 Å². The average molecular weight is 339 g/mol. The van der Waals surface area contributed by atoms with Crippen LogP contribution in [0.3, 0.4) is 0 Å². The summed E-state index contributed by atoms with van der Waals surface area (Å²) in [5, 5.41) is 13.7. The van der Waals surface area contributed by atoms with Gasteiger partial charge in [-0.15, -0.1) is 0 Å². The maximum Gasteiger partial charge on any atom is 0.148 e. The Kier molecular flexibility index (Phi) is 5.00. The molecule has 0 aliphatic carbocycles. The number of aliphatic hydroxyl groups is 1. The molecule has 0 radical (unpaired) electrons. The van der Waals surface area contributed by atoms with E-state index in [0.29, 0.717) is 22.9 Å². The summed E-state index contributed by atoms with van der Waals surface area (Å²) in [5.41, 5.74) is 3.09. The molecule has 0 aliphatic rings. The van der Waals surface area contributed by atoms with Crippen molar-refractivity contribution in [2.45, 2.75) is 13.0 Å². The summed E-state index contributed by atoms with van der Waals surface area (Å²) in [5.74, 6) is 1.92. The van der Waals surface area contributed by atoms with Gasteiger partial charge in [-0.3, -0.25) is 0 Å². The third-order valence-electron chi connectivity index (χ3n) is 4.00. The molecule has 2 aromatic carbocycles. The van der Waals surface area contributed by atoms with Gasteiger partial charge in [-0.25, -0.2) is 9.97 Å². The van der Waals surface area contributed by atoms with E-state index in [4.69, 9.17) is 9.47 Å². The first-order chi connectivity index (χ1) is 12.1. The molecule has 25 heavy (non-hydrogen) atoms. The van der Waals surface area contributed by atoms with Crippen LogP contribution in [0.1, 0.15) is 17.4 Å². The minimum Gasteiger partial charge on any atom is -0.497 e. The molecule has 0 amide bonds. The Morgan fingerprint density at radius 3 is 2.44 bits per heavy atom. The zero-order valence-electron chi connectivity index (χ0n) is 14.5. The number of methoxy groups -OCH3 is 2. The van der Waals surface area contributed by atoms with E-state index in [0.717, 1.165) is 16.7 Å². The van der Waals surface area contributed by atoms with Crippen molar-refractivity contribution in [1.29, 1.82) is 0 Å². The summed E-state index contributed by atoms with van der Waals surface area (Å²) in [6.07, 6.45) is -0.780. The lowest BCUT2D eigenvalue weighted by Crippen LogP contribution is -2.15. The number of nitrogens with zero attached hydrogens (tertiary/aromatic N) is 2. The fourth-order valence-corrected chi connectivity index (χ4v) is 2.66. The SMILES string of the molecule is COc1ccc(OC)c(C(O)CNc2nc3ccccc3nc2C)c1. The molecule has 0 saturated carbocycles. The van der Waals surface area contributed by atoms with Gasteiger partial charge in [-0.2, -0.15) is 0 Å². The highest BCUT2D eigenvalue weighted by molar-refractivity contribution is 5.76. The number of fused-ring (bicyclic) bond motifs is 1. The van der Waals surface area contributed by atoms with Crippen molar-refractivity contribution in [2.24, 2.45) is 0 Å². The third-order valence-corrected chi connectivity index (χ3v) is 4.00. The predicted molar refractivity (Wildman–Crippen MR) is 97.3 cm³/mol. The number of hydrogen-bond acceptors (Lipinski definition) is 6. The minimum absolute atomic E-state index is 0.275. The van der Waals surface area contributed by atoms with Gasteiger partial charge >= 0.3 is 0 Å². The lowest BCUT2D eigenvalue weighted by Gasteiger charge is -2.17. The second-order valence-electron chi connectivity index (χ2n) is 5.65. The average Bonchev–Trinajstić information content (AvgIpc) is 2.65. The highest BCUT2D eigenvalue weighted by Crippen LogP contribution is 2.29. The zero-order chi connectivity index (χ0) is 17.8. The number of aliphatic hydroxyl groups excluding tert-OH is 1. The summed E-state index contributed by atoms with van der Waals surface area (Å²) >= 11 is 0. The first-order valence-corrected chi connectivity index (χ1v) is 7.99. The van der Waals surface area contributed by atoms with E-state index in [9.17, 15) is 5.11 Å². The molecular weight excluding hydrogens is 318 g/mol. The number of aromatic nitrogens is 2. The summed E-state index contributed by atoms with van der Waals surface area (Å²) in [6, 6.07) is 13.0. The fraction of sp³-hybridized carbons (Fsp3) is 0.263. The number of aryl methyl sites for hydroxylation is 1. The van der Waals surface area contributed by atoms with Gasteiger partial charge in [0.2, 0.25) is 0 Å². The summed E-state index contributed by atoms with van der Waals surface area (Å²) in [7, 11) is 3.16. The van der Waals surface area contributed by atoms with E-state index in [1.54, 1.807) is 32.4 Å². The molecule has 1 unspecified atom stereocenters. The normalized spacial score (nSPS) is 12.0. The van der Waals surface area contributed by atoms with Crippen LogP contribution in [-0.2, 0) is 0 Å². The quantitative estimate of drug-likeness (QED) is 0.719. The lowest BCUT2D eigenvalue weighted by atomic mass is 10.1. The lowest BCUT2D eigenvalue weighted by molar-refractivity contribution is 0.186. The molecule has 0 saturated heterocycles. The molecule has 3 aromatic rings. The van der Waals surface area contributed by atoms with E-state index in [1.165, 1.54) is 0 Å². The van der Waals surface area contributed by atoms with Gasteiger partial charge in [0.05, 0.1) is 37.1 Å². The molecule has 3 rings (SSSR count). The number of ether oxygens (including phenoxy) is 2. The van der Waals surface area contributed by atoms with Gasteiger partial charge in [0.1, 0.15) is 17.3 Å². The number of para-hydroxylation sites is 2. The highest BCUT2D eigenvalue weighted by Gasteiger charge is 2.15. The molecule has 130 valence electrons. The molecule has 0 bridgehead atoms. The molecule has 0 fully saturated rings. The van der Waals surface area contributed by atoms with Gasteiger partial charge in [0.15, 0.2) is 0 Å². The monoisotopic (exact) mass is 339 g/mol. The summed E-state index contributed by atoms with van der Waals surface area (Å²) in [6.45, 7) is 2.16. The molecule has 6 nitrogen and oxygen atoms in total. The van der Waals surface area contributed by atoms with Crippen molar-refractivity contribution in [3.63, 3.8) is 0 Å². The molecule has 1 atom stereocenters. The van der Waals surface area contributed by atoms with Crippen molar-refractivity contribution in [2.75, 3.05) is 26.1 Å². The van der Waals surface area contributed by atoms with Crippen LogP contribution in [0.2, 0.25) is 0 Å². The second kappa shape index (κ2) is 7.36. The van der Waals surface area contributed by atoms with Crippen molar-refractivity contribution in [3.8, 4) is 11.5 Å². The Hall–Kier alpha value is -2.86. The first-order valence-electron chi connectivity index (χ1n) is 7.99. The second-order valence-corrected chi connectivity index (χ2v) is 5.65. The standard InChI is InChI=1S/C19H21N3O3/c1-12-19(22-16-7-5-4-6-15(16)21-12)20-11-17(23)14-10-13(24-2)8-9-18(14)25-3/h4-10,17,23H,11H2,1-3H3,(H,20,22). The van der Waals surface area contributed by atoms with E-state index in [2.05, 4.69) is 15.3 Å². The molecule has 2 N–H and O–H groups in total. The molecular formula is C19H21N3O3. The number of nitrogens with one attached hydrogen (secondary N) is 1. The van der Waals surface area contributed by atoms with Gasteiger partial charge in [0, 0.05) is 12.1 Å². The first kappa shape index (κ1) is 17.0. The molecule has 6 heteroatoms. The number of benzene rings is 2. The highest BCUT2D eigenvalue weighted by atomic mass is 16.5. The van der Waals surface area contributed by atoms with E-state index >= 15 is 0 Å². The van der Waals surface area contributed by atoms with Crippen LogP contribution in [-0.4, -0.2) is 35.8 Å². The maximum atomic E-state index is 10.6. The summed E-state index contributed by atoms with van der Waals surface area (Å²) < 4.78 is 10.6. The molecule has 1 heterocycles. The Morgan fingerprint density at radius 2 is 1.76 bits per heavy atom. The topological polar surface area (TPSA) is 76.5 Å². The van der Waals surface area contributed by atoms with Crippen LogP contribution in [0.4, 0.5) is 5.82 Å². The Morgan fingerprint density at radius 1 is 1.04 bits per heavy atom. The van der Waals surface area contributed by atoms with Crippen molar-refractivity contribution in [3.05, 3.63) is 53.7 Å². The van der Waals surface area contributed by atoms with Crippen LogP contribution in [0.15, 0.2) is 42.5 Å². The van der Waals surface area contributed by atoms with Crippen LogP contribution >= 0.6 is 0 Å². The Labute approximate surface area is 146 Å². The minimum atomic E-state index is -0.780. The largest absolute Gasteiger partial charge is 0.497 e. The van der Waals surface area contributed by atoms with Crippen LogP contribution in [0, 0.1) is 6.92 Å². The van der Waals surface area contributed by atoms with Crippen LogP contribution in [0.25, 0.3) is 11.0 Å². The van der Waals surface area contributed by atoms with Gasteiger partial charge in [0.25, 0.3) is 0 Å². The molecule has 0 spiro atoms. The number of rotatable bonds is 6.